The summed E-state index contributed by atoms with van der Waals surface area (Å²) in [6, 6.07) is 9.98. The first-order chi connectivity index (χ1) is 12.1. The molecule has 0 saturated carbocycles. The second kappa shape index (κ2) is 7.04. The van der Waals surface area contributed by atoms with Crippen molar-refractivity contribution in [3.63, 3.8) is 0 Å². The number of aryl methyl sites for hydroxylation is 1. The lowest BCUT2D eigenvalue weighted by atomic mass is 10.1. The van der Waals surface area contributed by atoms with E-state index in [2.05, 4.69) is 20.2 Å². The highest BCUT2D eigenvalue weighted by molar-refractivity contribution is 6.00. The van der Waals surface area contributed by atoms with Crippen molar-refractivity contribution in [2.24, 2.45) is 10.2 Å². The van der Waals surface area contributed by atoms with Gasteiger partial charge in [0.2, 0.25) is 0 Å². The maximum Gasteiger partial charge on any atom is 0.339 e. The third-order valence-corrected chi connectivity index (χ3v) is 3.54. The molecule has 2 aromatic heterocycles. The number of azo groups is 1. The second-order valence-electron chi connectivity index (χ2n) is 5.23. The number of nitrogens with zero attached hydrogens (tertiary/aromatic N) is 4. The van der Waals surface area contributed by atoms with E-state index in [4.69, 9.17) is 4.74 Å². The van der Waals surface area contributed by atoms with Gasteiger partial charge in [0.1, 0.15) is 17.0 Å². The van der Waals surface area contributed by atoms with Crippen LogP contribution in [-0.2, 0) is 4.74 Å². The lowest BCUT2D eigenvalue weighted by Crippen LogP contribution is -2.08. The lowest BCUT2D eigenvalue weighted by molar-refractivity contribution is 0.0525. The van der Waals surface area contributed by atoms with E-state index in [0.29, 0.717) is 33.7 Å². The van der Waals surface area contributed by atoms with E-state index in [1.807, 2.05) is 6.07 Å². The van der Waals surface area contributed by atoms with Gasteiger partial charge in [-0.1, -0.05) is 6.07 Å². The number of aromatic hydroxyl groups is 1. The van der Waals surface area contributed by atoms with Gasteiger partial charge in [-0.15, -0.1) is 10.2 Å². The Morgan fingerprint density at radius 2 is 2.08 bits per heavy atom. The number of benzene rings is 1. The van der Waals surface area contributed by atoms with Crippen LogP contribution >= 0.6 is 0 Å². The van der Waals surface area contributed by atoms with Gasteiger partial charge >= 0.3 is 5.97 Å². The van der Waals surface area contributed by atoms with Crippen LogP contribution in [0.2, 0.25) is 0 Å². The van der Waals surface area contributed by atoms with Gasteiger partial charge in [0.05, 0.1) is 17.9 Å². The average Bonchev–Trinajstić information content (AvgIpc) is 2.62. The molecule has 2 heterocycles. The highest BCUT2D eigenvalue weighted by atomic mass is 16.5. The molecule has 0 aliphatic carbocycles. The molecule has 126 valence electrons. The number of ether oxygens (including phenoxy) is 1. The molecule has 7 nitrogen and oxygen atoms in total. The molecule has 0 saturated heterocycles. The zero-order chi connectivity index (χ0) is 17.8. The first kappa shape index (κ1) is 16.5. The third kappa shape index (κ3) is 3.45. The summed E-state index contributed by atoms with van der Waals surface area (Å²) in [7, 11) is 0. The van der Waals surface area contributed by atoms with Gasteiger partial charge in [-0.05, 0) is 44.2 Å². The fourth-order valence-electron chi connectivity index (χ4n) is 2.34. The van der Waals surface area contributed by atoms with Gasteiger partial charge in [-0.2, -0.15) is 0 Å². The molecule has 25 heavy (non-hydrogen) atoms. The number of pyridine rings is 2. The highest BCUT2D eigenvalue weighted by Crippen LogP contribution is 2.33. The van der Waals surface area contributed by atoms with E-state index in [-0.39, 0.29) is 12.4 Å². The Balaban J connectivity index is 2.09. The molecule has 0 bridgehead atoms. The number of aromatic nitrogens is 2. The van der Waals surface area contributed by atoms with E-state index in [9.17, 15) is 9.90 Å². The quantitative estimate of drug-likeness (QED) is 0.568. The molecular formula is C18H16N4O3. The smallest absolute Gasteiger partial charge is 0.339 e. The predicted molar refractivity (Wildman–Crippen MR) is 92.5 cm³/mol. The van der Waals surface area contributed by atoms with E-state index in [1.54, 1.807) is 44.3 Å². The number of carbonyl (C=O) groups excluding carboxylic acids is 1. The number of rotatable bonds is 4. The maximum absolute atomic E-state index is 12.0. The number of hydrogen-bond donors (Lipinski definition) is 1. The SMILES string of the molecule is CCOC(=O)c1cc2c(O)ccc(N=Nc3ccccn3)c2nc1C. The number of fused-ring (bicyclic) bond motifs is 1. The van der Waals surface area contributed by atoms with Crippen LogP contribution in [0.1, 0.15) is 23.0 Å². The Hall–Kier alpha value is -3.35. The van der Waals surface area contributed by atoms with Crippen molar-refractivity contribution < 1.29 is 14.6 Å². The number of esters is 1. The molecule has 0 aliphatic rings. The van der Waals surface area contributed by atoms with E-state index in [1.165, 1.54) is 6.07 Å². The molecule has 3 aromatic rings. The van der Waals surface area contributed by atoms with Crippen LogP contribution in [0.15, 0.2) is 52.8 Å². The van der Waals surface area contributed by atoms with Crippen molar-refractivity contribution in [1.29, 1.82) is 0 Å². The van der Waals surface area contributed by atoms with Gasteiger partial charge in [0.15, 0.2) is 5.82 Å². The topological polar surface area (TPSA) is 97.0 Å². The molecular weight excluding hydrogens is 320 g/mol. The van der Waals surface area contributed by atoms with Gasteiger partial charge in [0.25, 0.3) is 0 Å². The Morgan fingerprint density at radius 1 is 1.24 bits per heavy atom. The zero-order valence-corrected chi connectivity index (χ0v) is 13.8. The summed E-state index contributed by atoms with van der Waals surface area (Å²) < 4.78 is 5.02. The van der Waals surface area contributed by atoms with Gasteiger partial charge in [0, 0.05) is 11.6 Å². The van der Waals surface area contributed by atoms with E-state index in [0.717, 1.165) is 0 Å². The molecule has 0 fully saturated rings. The summed E-state index contributed by atoms with van der Waals surface area (Å²) in [5.74, 6) is -0.0114. The summed E-state index contributed by atoms with van der Waals surface area (Å²) in [5.41, 5.74) is 1.72. The number of carbonyl (C=O) groups is 1. The minimum absolute atomic E-state index is 0.00448. The largest absolute Gasteiger partial charge is 0.507 e. The van der Waals surface area contributed by atoms with Crippen molar-refractivity contribution in [2.75, 3.05) is 6.61 Å². The summed E-state index contributed by atoms with van der Waals surface area (Å²) in [6.45, 7) is 3.70. The fraction of sp³-hybridized carbons (Fsp3) is 0.167. The van der Waals surface area contributed by atoms with E-state index < -0.39 is 5.97 Å². The third-order valence-electron chi connectivity index (χ3n) is 3.54. The number of phenols is 1. The van der Waals surface area contributed by atoms with Crippen LogP contribution in [0.25, 0.3) is 10.9 Å². The van der Waals surface area contributed by atoms with Gasteiger partial charge in [-0.3, -0.25) is 0 Å². The summed E-state index contributed by atoms with van der Waals surface area (Å²) in [4.78, 5) is 20.5. The Morgan fingerprint density at radius 3 is 2.80 bits per heavy atom. The predicted octanol–water partition coefficient (Wildman–Crippen LogP) is 4.24. The van der Waals surface area contributed by atoms with Crippen LogP contribution in [-0.4, -0.2) is 27.7 Å². The molecule has 3 rings (SSSR count). The fourth-order valence-corrected chi connectivity index (χ4v) is 2.34. The molecule has 0 radical (unpaired) electrons. The zero-order valence-electron chi connectivity index (χ0n) is 13.8. The van der Waals surface area contributed by atoms with Crippen molar-refractivity contribution in [1.82, 2.24) is 9.97 Å². The molecule has 0 amide bonds. The normalized spacial score (nSPS) is 11.1. The van der Waals surface area contributed by atoms with Crippen LogP contribution in [0, 0.1) is 6.92 Å². The van der Waals surface area contributed by atoms with Crippen LogP contribution in [0.3, 0.4) is 0 Å². The Kier molecular flexibility index (Phi) is 4.65. The first-order valence-corrected chi connectivity index (χ1v) is 7.73. The number of hydrogen-bond acceptors (Lipinski definition) is 7. The molecule has 1 aromatic carbocycles. The van der Waals surface area contributed by atoms with Crippen molar-refractivity contribution in [3.05, 3.63) is 53.9 Å². The summed E-state index contributed by atoms with van der Waals surface area (Å²) >= 11 is 0. The minimum atomic E-state index is -0.477. The summed E-state index contributed by atoms with van der Waals surface area (Å²) in [6.07, 6.45) is 1.62. The molecule has 1 N–H and O–H groups in total. The first-order valence-electron chi connectivity index (χ1n) is 7.73. The maximum atomic E-state index is 12.0. The molecule has 7 heteroatoms. The summed E-state index contributed by atoms with van der Waals surface area (Å²) in [5, 5.41) is 18.8. The van der Waals surface area contributed by atoms with Crippen LogP contribution in [0.4, 0.5) is 11.5 Å². The van der Waals surface area contributed by atoms with Crippen molar-refractivity contribution in [2.45, 2.75) is 13.8 Å². The molecule has 0 aliphatic heterocycles. The average molecular weight is 336 g/mol. The Labute approximate surface area is 144 Å². The van der Waals surface area contributed by atoms with Gasteiger partial charge < -0.3 is 9.84 Å². The monoisotopic (exact) mass is 336 g/mol. The standard InChI is InChI=1S/C18H16N4O3/c1-3-25-18(24)12-10-13-15(23)8-7-14(17(13)20-11(12)2)21-22-16-6-4-5-9-19-16/h4-10,23H,3H2,1-2H3. The van der Waals surface area contributed by atoms with Crippen molar-refractivity contribution in [3.8, 4) is 5.75 Å². The molecule has 0 atom stereocenters. The van der Waals surface area contributed by atoms with Crippen molar-refractivity contribution >= 4 is 28.4 Å². The number of phenolic OH excluding ortho intramolecular Hbond substituents is 1. The second-order valence-corrected chi connectivity index (χ2v) is 5.23. The molecule has 0 spiro atoms. The highest BCUT2D eigenvalue weighted by Gasteiger charge is 2.16. The van der Waals surface area contributed by atoms with E-state index >= 15 is 0 Å². The minimum Gasteiger partial charge on any atom is -0.507 e. The van der Waals surface area contributed by atoms with Crippen LogP contribution in [0.5, 0.6) is 5.75 Å². The molecule has 0 unspecified atom stereocenters. The lowest BCUT2D eigenvalue weighted by Gasteiger charge is -2.09. The van der Waals surface area contributed by atoms with Gasteiger partial charge in [-0.25, -0.2) is 14.8 Å². The van der Waals surface area contributed by atoms with Crippen LogP contribution < -0.4 is 0 Å². The Bertz CT molecular complexity index is 955.